The van der Waals surface area contributed by atoms with Crippen molar-refractivity contribution >= 4 is 33.5 Å². The second kappa shape index (κ2) is 5.07. The monoisotopic (exact) mass is 395 g/mol. The van der Waals surface area contributed by atoms with Crippen LogP contribution in [0.4, 0.5) is 8.78 Å². The Hall–Kier alpha value is -2.01. The van der Waals surface area contributed by atoms with Crippen molar-refractivity contribution in [1.82, 2.24) is 9.78 Å². The van der Waals surface area contributed by atoms with Crippen molar-refractivity contribution in [2.24, 2.45) is 0 Å². The van der Waals surface area contributed by atoms with Gasteiger partial charge in [-0.2, -0.15) is 10.4 Å². The zero-order valence-corrected chi connectivity index (χ0v) is 13.0. The van der Waals surface area contributed by atoms with E-state index in [1.807, 2.05) is 22.6 Å². The van der Waals surface area contributed by atoms with Crippen molar-refractivity contribution in [3.8, 4) is 11.8 Å². The fourth-order valence-electron chi connectivity index (χ4n) is 2.21. The molecular weight excluding hydrogens is 387 g/mol. The summed E-state index contributed by atoms with van der Waals surface area (Å²) >= 11 is 1.91. The van der Waals surface area contributed by atoms with Crippen LogP contribution in [0.25, 0.3) is 16.6 Å². The molecule has 0 spiro atoms. The molecule has 0 saturated carbocycles. The predicted molar refractivity (Wildman–Crippen MR) is 83.2 cm³/mol. The lowest BCUT2D eigenvalue weighted by molar-refractivity contribution is 0.620. The fraction of sp³-hybridized carbons (Fsp3) is 0.0667. The Morgan fingerprint density at radius 1 is 1.24 bits per heavy atom. The van der Waals surface area contributed by atoms with E-state index in [1.54, 1.807) is 25.1 Å². The number of nitrogens with zero attached hydrogens (tertiary/aromatic N) is 3. The summed E-state index contributed by atoms with van der Waals surface area (Å²) in [6.07, 6.45) is 0. The van der Waals surface area contributed by atoms with Crippen molar-refractivity contribution in [3.63, 3.8) is 0 Å². The van der Waals surface area contributed by atoms with Gasteiger partial charge in [0.05, 0.1) is 20.5 Å². The van der Waals surface area contributed by atoms with Crippen LogP contribution in [0.2, 0.25) is 0 Å². The van der Waals surface area contributed by atoms with Gasteiger partial charge in [-0.3, -0.25) is 0 Å². The van der Waals surface area contributed by atoms with Gasteiger partial charge in [-0.1, -0.05) is 0 Å². The lowest BCUT2D eigenvalue weighted by atomic mass is 10.2. The predicted octanol–water partition coefficient (Wildman–Crippen LogP) is 4.09. The molecule has 0 aliphatic heterocycles. The number of aromatic nitrogens is 2. The molecule has 0 radical (unpaired) electrons. The number of hydrogen-bond donors (Lipinski definition) is 0. The van der Waals surface area contributed by atoms with Crippen LogP contribution >= 0.6 is 22.6 Å². The van der Waals surface area contributed by atoms with Gasteiger partial charge in [-0.05, 0) is 59.8 Å². The molecule has 0 atom stereocenters. The molecule has 0 unspecified atom stereocenters. The lowest BCUT2D eigenvalue weighted by Crippen LogP contribution is -2.00. The molecule has 21 heavy (non-hydrogen) atoms. The molecule has 3 aromatic rings. The number of halogens is 3. The van der Waals surface area contributed by atoms with Gasteiger partial charge in [-0.15, -0.1) is 0 Å². The SMILES string of the molecule is Cc1nn(-c2ccc(F)c(C#N)c2)c2c(F)c(I)ccc12. The molecule has 0 N–H and O–H groups in total. The standard InChI is InChI=1S/C15H8F2IN3/c1-8-11-3-5-13(18)14(17)15(11)21(20-8)10-2-4-12(16)9(6-10)7-19/h2-6H,1H3. The molecule has 0 bridgehead atoms. The first kappa shape index (κ1) is 13.9. The first-order valence-corrected chi connectivity index (χ1v) is 7.14. The highest BCUT2D eigenvalue weighted by atomic mass is 127. The van der Waals surface area contributed by atoms with Gasteiger partial charge in [0.1, 0.15) is 17.4 Å². The third-order valence-corrected chi connectivity index (χ3v) is 4.07. The quantitative estimate of drug-likeness (QED) is 0.583. The normalized spacial score (nSPS) is 10.8. The average molecular weight is 395 g/mol. The van der Waals surface area contributed by atoms with Crippen molar-refractivity contribution in [3.05, 3.63) is 56.8 Å². The van der Waals surface area contributed by atoms with E-state index in [0.29, 0.717) is 25.9 Å². The Morgan fingerprint density at radius 3 is 2.71 bits per heavy atom. The highest BCUT2D eigenvalue weighted by Crippen LogP contribution is 2.27. The molecule has 0 aliphatic carbocycles. The van der Waals surface area contributed by atoms with Gasteiger partial charge >= 0.3 is 0 Å². The van der Waals surface area contributed by atoms with Gasteiger partial charge in [0, 0.05) is 5.39 Å². The number of rotatable bonds is 1. The maximum Gasteiger partial charge on any atom is 0.162 e. The minimum Gasteiger partial charge on any atom is -0.230 e. The van der Waals surface area contributed by atoms with E-state index >= 15 is 0 Å². The molecule has 104 valence electrons. The first-order chi connectivity index (χ1) is 10.0. The number of fused-ring (bicyclic) bond motifs is 1. The maximum atomic E-state index is 14.4. The number of benzene rings is 2. The van der Waals surface area contributed by atoms with E-state index in [-0.39, 0.29) is 11.4 Å². The summed E-state index contributed by atoms with van der Waals surface area (Å²) in [7, 11) is 0. The van der Waals surface area contributed by atoms with E-state index in [2.05, 4.69) is 5.10 Å². The van der Waals surface area contributed by atoms with Crippen molar-refractivity contribution in [2.75, 3.05) is 0 Å². The Morgan fingerprint density at radius 2 is 2.00 bits per heavy atom. The Kier molecular flexibility index (Phi) is 3.37. The van der Waals surface area contributed by atoms with Crippen LogP contribution in [0.3, 0.4) is 0 Å². The number of hydrogen-bond acceptors (Lipinski definition) is 2. The largest absolute Gasteiger partial charge is 0.230 e. The molecule has 1 heterocycles. The zero-order valence-electron chi connectivity index (χ0n) is 10.9. The van der Waals surface area contributed by atoms with Crippen molar-refractivity contribution in [1.29, 1.82) is 5.26 Å². The van der Waals surface area contributed by atoms with Gasteiger partial charge in [0.25, 0.3) is 0 Å². The summed E-state index contributed by atoms with van der Waals surface area (Å²) in [4.78, 5) is 0. The van der Waals surface area contributed by atoms with E-state index in [9.17, 15) is 8.78 Å². The second-order valence-corrected chi connectivity index (χ2v) is 5.69. The van der Waals surface area contributed by atoms with Gasteiger partial charge in [0.2, 0.25) is 0 Å². The summed E-state index contributed by atoms with van der Waals surface area (Å²) in [6.45, 7) is 1.78. The van der Waals surface area contributed by atoms with E-state index in [1.165, 1.54) is 22.9 Å². The third kappa shape index (κ3) is 2.17. The molecule has 0 fully saturated rings. The molecule has 0 amide bonds. The van der Waals surface area contributed by atoms with Crippen LogP contribution in [0.1, 0.15) is 11.3 Å². The lowest BCUT2D eigenvalue weighted by Gasteiger charge is -2.06. The average Bonchev–Trinajstić information content (AvgIpc) is 2.81. The molecule has 3 nitrogen and oxygen atoms in total. The van der Waals surface area contributed by atoms with Crippen molar-refractivity contribution < 1.29 is 8.78 Å². The number of aryl methyl sites for hydroxylation is 1. The summed E-state index contributed by atoms with van der Waals surface area (Å²) < 4.78 is 29.7. The zero-order chi connectivity index (χ0) is 15.1. The van der Waals surface area contributed by atoms with Crippen LogP contribution in [-0.4, -0.2) is 9.78 Å². The minimum atomic E-state index is -0.607. The van der Waals surface area contributed by atoms with Crippen LogP contribution in [0.15, 0.2) is 30.3 Å². The molecule has 1 aromatic heterocycles. The van der Waals surface area contributed by atoms with Crippen LogP contribution in [0.5, 0.6) is 0 Å². The summed E-state index contributed by atoms with van der Waals surface area (Å²) in [5, 5.41) is 13.9. The highest BCUT2D eigenvalue weighted by Gasteiger charge is 2.16. The topological polar surface area (TPSA) is 41.6 Å². The second-order valence-electron chi connectivity index (χ2n) is 4.53. The van der Waals surface area contributed by atoms with Crippen LogP contribution in [-0.2, 0) is 0 Å². The highest BCUT2D eigenvalue weighted by molar-refractivity contribution is 14.1. The van der Waals surface area contributed by atoms with Gasteiger partial charge in [0.15, 0.2) is 5.82 Å². The first-order valence-electron chi connectivity index (χ1n) is 6.06. The molecular formula is C15H8F2IN3. The maximum absolute atomic E-state index is 14.4. The molecule has 6 heteroatoms. The van der Waals surface area contributed by atoms with E-state index < -0.39 is 5.82 Å². The van der Waals surface area contributed by atoms with Gasteiger partial charge in [-0.25, -0.2) is 13.5 Å². The van der Waals surface area contributed by atoms with Gasteiger partial charge < -0.3 is 0 Å². The Bertz CT molecular complexity index is 909. The summed E-state index contributed by atoms with van der Waals surface area (Å²) in [6, 6.07) is 9.28. The van der Waals surface area contributed by atoms with Crippen molar-refractivity contribution in [2.45, 2.75) is 6.92 Å². The van der Waals surface area contributed by atoms with Crippen LogP contribution in [0, 0.1) is 33.5 Å². The summed E-state index contributed by atoms with van der Waals surface area (Å²) in [5.74, 6) is -0.985. The third-order valence-electron chi connectivity index (χ3n) is 3.24. The molecule has 2 aromatic carbocycles. The molecule has 3 rings (SSSR count). The van der Waals surface area contributed by atoms with E-state index in [0.717, 1.165) is 0 Å². The Balaban J connectivity index is 2.36. The summed E-state index contributed by atoms with van der Waals surface area (Å²) in [5.41, 5.74) is 1.35. The smallest absolute Gasteiger partial charge is 0.162 e. The molecule has 0 saturated heterocycles. The Labute approximate surface area is 132 Å². The number of nitriles is 1. The van der Waals surface area contributed by atoms with Crippen LogP contribution < -0.4 is 0 Å². The molecule has 0 aliphatic rings. The van der Waals surface area contributed by atoms with E-state index in [4.69, 9.17) is 5.26 Å². The minimum absolute atomic E-state index is 0.0974. The fourth-order valence-corrected chi connectivity index (χ4v) is 2.65.